The first-order chi connectivity index (χ1) is 10.3. The van der Waals surface area contributed by atoms with Gasteiger partial charge in [0.25, 0.3) is 5.91 Å². The van der Waals surface area contributed by atoms with Gasteiger partial charge in [-0.05, 0) is 38.0 Å². The van der Waals surface area contributed by atoms with E-state index in [2.05, 4.69) is 20.9 Å². The number of hydrogen-bond donors (Lipinski definition) is 1. The average molecular weight is 363 g/mol. The Morgan fingerprint density at radius 1 is 1.23 bits per heavy atom. The van der Waals surface area contributed by atoms with Crippen LogP contribution in [-0.2, 0) is 6.54 Å². The van der Waals surface area contributed by atoms with E-state index >= 15 is 0 Å². The summed E-state index contributed by atoms with van der Waals surface area (Å²) >= 11 is 3.49. The van der Waals surface area contributed by atoms with Gasteiger partial charge in [0, 0.05) is 29.3 Å². The number of aromatic nitrogens is 1. The van der Waals surface area contributed by atoms with Crippen molar-refractivity contribution in [3.63, 3.8) is 0 Å². The van der Waals surface area contributed by atoms with E-state index in [0.29, 0.717) is 23.4 Å². The van der Waals surface area contributed by atoms with Gasteiger partial charge in [0.15, 0.2) is 5.78 Å². The summed E-state index contributed by atoms with van der Waals surface area (Å²) in [7, 11) is 1.75. The topological polar surface area (TPSA) is 53.2 Å². The predicted octanol–water partition coefficient (Wildman–Crippen LogP) is 3.87. The first-order valence-corrected chi connectivity index (χ1v) is 7.81. The van der Waals surface area contributed by atoms with Gasteiger partial charge in [0.05, 0.1) is 0 Å². The number of H-pyrrole nitrogens is 1. The van der Waals surface area contributed by atoms with Gasteiger partial charge >= 0.3 is 0 Å². The lowest BCUT2D eigenvalue weighted by molar-refractivity contribution is 0.0779. The van der Waals surface area contributed by atoms with Crippen LogP contribution in [0.5, 0.6) is 0 Å². The third-order valence-corrected chi connectivity index (χ3v) is 4.49. The van der Waals surface area contributed by atoms with E-state index in [4.69, 9.17) is 0 Å². The fraction of sp³-hybridized carbons (Fsp3) is 0.294. The number of halogens is 1. The fourth-order valence-corrected chi connectivity index (χ4v) is 3.05. The molecule has 0 unspecified atom stereocenters. The van der Waals surface area contributed by atoms with Crippen molar-refractivity contribution in [2.45, 2.75) is 27.3 Å². The van der Waals surface area contributed by atoms with Gasteiger partial charge in [-0.15, -0.1) is 0 Å². The molecule has 1 aromatic heterocycles. The molecule has 1 aromatic carbocycles. The second kappa shape index (κ2) is 6.48. The summed E-state index contributed by atoms with van der Waals surface area (Å²) in [6.45, 7) is 5.63. The second-order valence-corrected chi connectivity index (χ2v) is 6.29. The SMILES string of the molecule is CC(=O)c1c(C)[nH]c(C(=O)N(C)Cc2ccccc2Br)c1C. The second-order valence-electron chi connectivity index (χ2n) is 5.43. The normalized spacial score (nSPS) is 10.6. The minimum Gasteiger partial charge on any atom is -0.354 e. The lowest BCUT2D eigenvalue weighted by Crippen LogP contribution is -2.27. The maximum absolute atomic E-state index is 12.6. The zero-order valence-electron chi connectivity index (χ0n) is 13.2. The van der Waals surface area contributed by atoms with Crippen molar-refractivity contribution in [2.75, 3.05) is 7.05 Å². The molecular formula is C17H19BrN2O2. The molecule has 1 amide bonds. The Morgan fingerprint density at radius 3 is 2.41 bits per heavy atom. The van der Waals surface area contributed by atoms with E-state index < -0.39 is 0 Å². The van der Waals surface area contributed by atoms with E-state index in [1.165, 1.54) is 6.92 Å². The third kappa shape index (κ3) is 3.14. The maximum Gasteiger partial charge on any atom is 0.270 e. The standard InChI is InChI=1S/C17H19BrN2O2/c1-10-15(12(3)21)11(2)19-16(10)17(22)20(4)9-13-7-5-6-8-14(13)18/h5-8,19H,9H2,1-4H3. The van der Waals surface area contributed by atoms with Crippen molar-refractivity contribution in [3.05, 3.63) is 56.8 Å². The Labute approximate surface area is 138 Å². The predicted molar refractivity (Wildman–Crippen MR) is 90.2 cm³/mol. The molecule has 0 spiro atoms. The van der Waals surface area contributed by atoms with E-state index in [-0.39, 0.29) is 11.7 Å². The molecule has 0 fully saturated rings. The van der Waals surface area contributed by atoms with Crippen LogP contribution in [0.2, 0.25) is 0 Å². The maximum atomic E-state index is 12.6. The zero-order chi connectivity index (χ0) is 16.4. The monoisotopic (exact) mass is 362 g/mol. The van der Waals surface area contributed by atoms with E-state index in [0.717, 1.165) is 15.7 Å². The summed E-state index contributed by atoms with van der Waals surface area (Å²) in [6.07, 6.45) is 0. The molecule has 0 radical (unpaired) electrons. The number of nitrogens with one attached hydrogen (secondary N) is 1. The Bertz CT molecular complexity index is 734. The van der Waals surface area contributed by atoms with E-state index in [9.17, 15) is 9.59 Å². The number of Topliss-reactive ketones (excluding diaryl/α,β-unsaturated/α-hetero) is 1. The number of carbonyl (C=O) groups excluding carboxylic acids is 2. The molecular weight excluding hydrogens is 344 g/mol. The number of carbonyl (C=O) groups is 2. The molecule has 0 saturated carbocycles. The van der Waals surface area contributed by atoms with Crippen molar-refractivity contribution in [1.82, 2.24) is 9.88 Å². The smallest absolute Gasteiger partial charge is 0.270 e. The molecule has 116 valence electrons. The molecule has 0 aliphatic rings. The number of amides is 1. The molecule has 0 aliphatic carbocycles. The summed E-state index contributed by atoms with van der Waals surface area (Å²) in [5.74, 6) is -0.150. The Hall–Kier alpha value is -1.88. The average Bonchev–Trinajstić information content (AvgIpc) is 2.75. The lowest BCUT2D eigenvalue weighted by atomic mass is 10.1. The Kier molecular flexibility index (Phi) is 4.86. The fourth-order valence-electron chi connectivity index (χ4n) is 2.64. The first kappa shape index (κ1) is 16.5. The van der Waals surface area contributed by atoms with Crippen LogP contribution >= 0.6 is 15.9 Å². The highest BCUT2D eigenvalue weighted by Gasteiger charge is 2.22. The molecule has 1 N–H and O–H groups in total. The van der Waals surface area contributed by atoms with Crippen LogP contribution in [0.4, 0.5) is 0 Å². The summed E-state index contributed by atoms with van der Waals surface area (Å²) in [5.41, 5.74) is 3.58. The molecule has 2 aromatic rings. The number of aromatic amines is 1. The number of ketones is 1. The van der Waals surface area contributed by atoms with Crippen LogP contribution in [0, 0.1) is 13.8 Å². The molecule has 1 heterocycles. The largest absolute Gasteiger partial charge is 0.354 e. The Balaban J connectivity index is 2.27. The highest BCUT2D eigenvalue weighted by atomic mass is 79.9. The van der Waals surface area contributed by atoms with Crippen molar-refractivity contribution < 1.29 is 9.59 Å². The van der Waals surface area contributed by atoms with Gasteiger partial charge in [0.2, 0.25) is 0 Å². The van der Waals surface area contributed by atoms with Crippen LogP contribution in [0.1, 0.15) is 44.6 Å². The van der Waals surface area contributed by atoms with E-state index in [1.807, 2.05) is 31.2 Å². The number of nitrogens with zero attached hydrogens (tertiary/aromatic N) is 1. The molecule has 2 rings (SSSR count). The third-order valence-electron chi connectivity index (χ3n) is 3.72. The summed E-state index contributed by atoms with van der Waals surface area (Å²) in [5, 5.41) is 0. The molecule has 0 saturated heterocycles. The van der Waals surface area contributed by atoms with Gasteiger partial charge in [-0.1, -0.05) is 34.1 Å². The zero-order valence-corrected chi connectivity index (χ0v) is 14.7. The number of benzene rings is 1. The molecule has 22 heavy (non-hydrogen) atoms. The van der Waals surface area contributed by atoms with Crippen LogP contribution in [0.3, 0.4) is 0 Å². The van der Waals surface area contributed by atoms with Crippen LogP contribution in [-0.4, -0.2) is 28.6 Å². The van der Waals surface area contributed by atoms with Crippen molar-refractivity contribution in [1.29, 1.82) is 0 Å². The number of hydrogen-bond acceptors (Lipinski definition) is 2. The highest BCUT2D eigenvalue weighted by Crippen LogP contribution is 2.22. The van der Waals surface area contributed by atoms with Gasteiger partial charge in [-0.2, -0.15) is 0 Å². The summed E-state index contributed by atoms with van der Waals surface area (Å²) < 4.78 is 0.971. The molecule has 4 nitrogen and oxygen atoms in total. The molecule has 0 atom stereocenters. The summed E-state index contributed by atoms with van der Waals surface area (Å²) in [6, 6.07) is 7.80. The number of rotatable bonds is 4. The first-order valence-electron chi connectivity index (χ1n) is 7.02. The Morgan fingerprint density at radius 2 is 1.86 bits per heavy atom. The quantitative estimate of drug-likeness (QED) is 0.839. The number of aryl methyl sites for hydroxylation is 1. The summed E-state index contributed by atoms with van der Waals surface area (Å²) in [4.78, 5) is 29.0. The van der Waals surface area contributed by atoms with Crippen LogP contribution in [0.25, 0.3) is 0 Å². The van der Waals surface area contributed by atoms with Crippen LogP contribution in [0.15, 0.2) is 28.7 Å². The molecule has 5 heteroatoms. The van der Waals surface area contributed by atoms with Gasteiger partial charge < -0.3 is 9.88 Å². The molecule has 0 bridgehead atoms. The van der Waals surface area contributed by atoms with Crippen molar-refractivity contribution in [3.8, 4) is 0 Å². The minimum absolute atomic E-state index is 0.0289. The minimum atomic E-state index is -0.121. The van der Waals surface area contributed by atoms with Gasteiger partial charge in [-0.25, -0.2) is 0 Å². The highest BCUT2D eigenvalue weighted by molar-refractivity contribution is 9.10. The van der Waals surface area contributed by atoms with Crippen molar-refractivity contribution in [2.24, 2.45) is 0 Å². The molecule has 0 aliphatic heterocycles. The van der Waals surface area contributed by atoms with Gasteiger partial charge in [0.1, 0.15) is 5.69 Å². The van der Waals surface area contributed by atoms with Crippen LogP contribution < -0.4 is 0 Å². The van der Waals surface area contributed by atoms with Gasteiger partial charge in [-0.3, -0.25) is 9.59 Å². The lowest BCUT2D eigenvalue weighted by Gasteiger charge is -2.18. The van der Waals surface area contributed by atoms with E-state index in [1.54, 1.807) is 18.9 Å². The van der Waals surface area contributed by atoms with Crippen molar-refractivity contribution >= 4 is 27.6 Å².